The van der Waals surface area contributed by atoms with Crippen molar-refractivity contribution in [3.05, 3.63) is 70.2 Å². The maximum absolute atomic E-state index is 12.1. The largest absolute Gasteiger partial charge is 0.334 e. The predicted molar refractivity (Wildman–Crippen MR) is 86.3 cm³/mol. The molecule has 1 N–H and O–H groups in total. The first-order valence-corrected chi connectivity index (χ1v) is 7.22. The van der Waals surface area contributed by atoms with E-state index in [4.69, 9.17) is 11.6 Å². The summed E-state index contributed by atoms with van der Waals surface area (Å²) in [4.78, 5) is 13.7. The highest BCUT2D eigenvalue weighted by molar-refractivity contribution is 6.31. The first-order valence-electron chi connectivity index (χ1n) is 6.85. The SMILES string of the molecule is Cc1ccccc1CNC(=O)N(C)Cc1ccccc1Cl. The molecule has 0 spiro atoms. The van der Waals surface area contributed by atoms with E-state index in [2.05, 4.69) is 5.32 Å². The predicted octanol–water partition coefficient (Wildman–Crippen LogP) is 3.99. The lowest BCUT2D eigenvalue weighted by atomic mass is 10.1. The summed E-state index contributed by atoms with van der Waals surface area (Å²) in [6.07, 6.45) is 0. The van der Waals surface area contributed by atoms with Crippen LogP contribution in [-0.2, 0) is 13.1 Å². The first-order chi connectivity index (χ1) is 10.1. The molecule has 3 nitrogen and oxygen atoms in total. The van der Waals surface area contributed by atoms with Gasteiger partial charge in [-0.2, -0.15) is 0 Å². The molecule has 0 radical (unpaired) electrons. The van der Waals surface area contributed by atoms with Gasteiger partial charge >= 0.3 is 6.03 Å². The third-order valence-electron chi connectivity index (χ3n) is 3.40. The molecule has 0 atom stereocenters. The summed E-state index contributed by atoms with van der Waals surface area (Å²) >= 11 is 6.11. The van der Waals surface area contributed by atoms with E-state index >= 15 is 0 Å². The van der Waals surface area contributed by atoms with Crippen LogP contribution in [0.15, 0.2) is 48.5 Å². The Morgan fingerprint density at radius 1 is 1.10 bits per heavy atom. The van der Waals surface area contributed by atoms with Crippen LogP contribution in [-0.4, -0.2) is 18.0 Å². The molecule has 0 fully saturated rings. The van der Waals surface area contributed by atoms with E-state index in [1.165, 1.54) is 5.56 Å². The van der Waals surface area contributed by atoms with Gasteiger partial charge in [0.1, 0.15) is 0 Å². The van der Waals surface area contributed by atoms with Gasteiger partial charge in [0.25, 0.3) is 0 Å². The zero-order chi connectivity index (χ0) is 15.2. The Morgan fingerprint density at radius 2 is 1.71 bits per heavy atom. The quantitative estimate of drug-likeness (QED) is 0.910. The van der Waals surface area contributed by atoms with Crippen LogP contribution in [0.1, 0.15) is 16.7 Å². The van der Waals surface area contributed by atoms with Gasteiger partial charge in [0.2, 0.25) is 0 Å². The number of carbonyl (C=O) groups excluding carboxylic acids is 1. The number of hydrogen-bond donors (Lipinski definition) is 1. The Balaban J connectivity index is 1.91. The van der Waals surface area contributed by atoms with E-state index in [9.17, 15) is 4.79 Å². The van der Waals surface area contributed by atoms with Crippen molar-refractivity contribution in [3.8, 4) is 0 Å². The van der Waals surface area contributed by atoms with E-state index in [-0.39, 0.29) is 6.03 Å². The number of rotatable bonds is 4. The molecule has 110 valence electrons. The number of benzene rings is 2. The number of carbonyl (C=O) groups is 1. The number of aryl methyl sites for hydroxylation is 1. The summed E-state index contributed by atoms with van der Waals surface area (Å²) in [6.45, 7) is 3.05. The number of nitrogens with one attached hydrogen (secondary N) is 1. The fourth-order valence-electron chi connectivity index (χ4n) is 2.07. The lowest BCUT2D eigenvalue weighted by Crippen LogP contribution is -2.36. The van der Waals surface area contributed by atoms with Crippen LogP contribution < -0.4 is 5.32 Å². The summed E-state index contributed by atoms with van der Waals surface area (Å²) in [5.74, 6) is 0. The maximum Gasteiger partial charge on any atom is 0.317 e. The molecule has 4 heteroatoms. The van der Waals surface area contributed by atoms with Crippen LogP contribution in [0, 0.1) is 6.92 Å². The second-order valence-electron chi connectivity index (χ2n) is 5.03. The second-order valence-corrected chi connectivity index (χ2v) is 5.44. The van der Waals surface area contributed by atoms with Crippen LogP contribution in [0.5, 0.6) is 0 Å². The van der Waals surface area contributed by atoms with Crippen molar-refractivity contribution in [2.75, 3.05) is 7.05 Å². The number of hydrogen-bond acceptors (Lipinski definition) is 1. The van der Waals surface area contributed by atoms with E-state index in [1.54, 1.807) is 11.9 Å². The van der Waals surface area contributed by atoms with Crippen LogP contribution in [0.25, 0.3) is 0 Å². The maximum atomic E-state index is 12.1. The van der Waals surface area contributed by atoms with Crippen LogP contribution >= 0.6 is 11.6 Å². The van der Waals surface area contributed by atoms with Gasteiger partial charge < -0.3 is 10.2 Å². The molecule has 2 aromatic rings. The highest BCUT2D eigenvalue weighted by atomic mass is 35.5. The van der Waals surface area contributed by atoms with Crippen molar-refractivity contribution in [1.82, 2.24) is 10.2 Å². The minimum atomic E-state index is -0.113. The van der Waals surface area contributed by atoms with Crippen LogP contribution in [0.2, 0.25) is 5.02 Å². The molecule has 0 heterocycles. The summed E-state index contributed by atoms with van der Waals surface area (Å²) < 4.78 is 0. The average molecular weight is 303 g/mol. The molecule has 0 saturated heterocycles. The smallest absolute Gasteiger partial charge is 0.317 e. The molecule has 0 aliphatic carbocycles. The van der Waals surface area contributed by atoms with Crippen molar-refractivity contribution in [1.29, 1.82) is 0 Å². The Bertz CT molecular complexity index is 628. The molecule has 0 saturated carbocycles. The van der Waals surface area contributed by atoms with E-state index < -0.39 is 0 Å². The molecule has 2 rings (SSSR count). The molecule has 0 aromatic heterocycles. The summed E-state index contributed by atoms with van der Waals surface area (Å²) in [7, 11) is 1.76. The van der Waals surface area contributed by atoms with Gasteiger partial charge in [0.05, 0.1) is 0 Å². The highest BCUT2D eigenvalue weighted by Gasteiger charge is 2.10. The van der Waals surface area contributed by atoms with Crippen molar-refractivity contribution >= 4 is 17.6 Å². The van der Waals surface area contributed by atoms with E-state index in [0.29, 0.717) is 18.1 Å². The highest BCUT2D eigenvalue weighted by Crippen LogP contribution is 2.16. The normalized spacial score (nSPS) is 10.2. The minimum Gasteiger partial charge on any atom is -0.334 e. The van der Waals surface area contributed by atoms with Gasteiger partial charge in [-0.1, -0.05) is 54.1 Å². The van der Waals surface area contributed by atoms with Crippen molar-refractivity contribution in [2.24, 2.45) is 0 Å². The molecule has 0 aliphatic rings. The number of amides is 2. The molecular weight excluding hydrogens is 284 g/mol. The molecule has 21 heavy (non-hydrogen) atoms. The number of urea groups is 1. The third-order valence-corrected chi connectivity index (χ3v) is 3.77. The molecule has 0 bridgehead atoms. The topological polar surface area (TPSA) is 32.3 Å². The zero-order valence-electron chi connectivity index (χ0n) is 12.3. The van der Waals surface area contributed by atoms with Gasteiger partial charge in [-0.15, -0.1) is 0 Å². The second kappa shape index (κ2) is 7.14. The Morgan fingerprint density at radius 3 is 2.38 bits per heavy atom. The zero-order valence-corrected chi connectivity index (χ0v) is 13.0. The molecule has 2 aromatic carbocycles. The average Bonchev–Trinajstić information content (AvgIpc) is 2.48. The van der Waals surface area contributed by atoms with Crippen molar-refractivity contribution in [2.45, 2.75) is 20.0 Å². The van der Waals surface area contributed by atoms with E-state index in [0.717, 1.165) is 11.1 Å². The summed E-state index contributed by atoms with van der Waals surface area (Å²) in [5, 5.41) is 3.60. The van der Waals surface area contributed by atoms with E-state index in [1.807, 2.05) is 55.5 Å². The van der Waals surface area contributed by atoms with Gasteiger partial charge in [-0.25, -0.2) is 4.79 Å². The number of halogens is 1. The molecule has 2 amide bonds. The molecule has 0 unspecified atom stereocenters. The van der Waals surface area contributed by atoms with Gasteiger partial charge in [-0.3, -0.25) is 0 Å². The van der Waals surface area contributed by atoms with Gasteiger partial charge in [0, 0.05) is 25.2 Å². The lowest BCUT2D eigenvalue weighted by Gasteiger charge is -2.19. The third kappa shape index (κ3) is 4.23. The fourth-order valence-corrected chi connectivity index (χ4v) is 2.26. The number of nitrogens with zero attached hydrogens (tertiary/aromatic N) is 1. The monoisotopic (exact) mass is 302 g/mol. The lowest BCUT2D eigenvalue weighted by molar-refractivity contribution is 0.206. The Hall–Kier alpha value is -2.00. The van der Waals surface area contributed by atoms with Gasteiger partial charge in [-0.05, 0) is 29.7 Å². The minimum absolute atomic E-state index is 0.113. The first kappa shape index (κ1) is 15.4. The van der Waals surface area contributed by atoms with Gasteiger partial charge in [0.15, 0.2) is 0 Å². The summed E-state index contributed by atoms with van der Waals surface area (Å²) in [6, 6.07) is 15.5. The Kier molecular flexibility index (Phi) is 5.23. The van der Waals surface area contributed by atoms with Crippen molar-refractivity contribution < 1.29 is 4.79 Å². The van der Waals surface area contributed by atoms with Crippen LogP contribution in [0.4, 0.5) is 4.79 Å². The fraction of sp³-hybridized carbons (Fsp3) is 0.235. The van der Waals surface area contributed by atoms with Crippen LogP contribution in [0.3, 0.4) is 0 Å². The molecular formula is C17H19ClN2O. The molecule has 0 aliphatic heterocycles. The standard InChI is InChI=1S/C17H19ClN2O/c1-13-7-3-4-8-14(13)11-19-17(21)20(2)12-15-9-5-6-10-16(15)18/h3-10H,11-12H2,1-2H3,(H,19,21). The Labute approximate surface area is 130 Å². The van der Waals surface area contributed by atoms with Crippen molar-refractivity contribution in [3.63, 3.8) is 0 Å². The summed E-state index contributed by atoms with van der Waals surface area (Å²) in [5.41, 5.74) is 3.23.